The molecule has 0 aliphatic carbocycles. The first-order valence-corrected chi connectivity index (χ1v) is 10.7. The van der Waals surface area contributed by atoms with Gasteiger partial charge in [-0.3, -0.25) is 0 Å². The molecule has 0 spiro atoms. The van der Waals surface area contributed by atoms with Crippen molar-refractivity contribution in [2.45, 2.75) is 46.2 Å². The molecule has 1 aromatic heterocycles. The minimum atomic E-state index is -0.984. The van der Waals surface area contributed by atoms with Crippen LogP contribution in [0.25, 0.3) is 0 Å². The summed E-state index contributed by atoms with van der Waals surface area (Å²) in [5, 5.41) is 2.70. The van der Waals surface area contributed by atoms with Crippen LogP contribution in [-0.2, 0) is 13.1 Å². The number of nitrogens with zero attached hydrogens (tertiary/aromatic N) is 2. The molecule has 0 fully saturated rings. The van der Waals surface area contributed by atoms with Crippen LogP contribution in [0.2, 0.25) is 0 Å². The third kappa shape index (κ3) is 6.17. The molecule has 0 saturated carbocycles. The molecule has 0 aliphatic rings. The molecule has 1 N–H and O–H groups in total. The predicted molar refractivity (Wildman–Crippen MR) is 120 cm³/mol. The summed E-state index contributed by atoms with van der Waals surface area (Å²) in [4.78, 5) is 14.7. The Balaban J connectivity index is 1.75. The monoisotopic (exact) mass is 425 g/mol. The second-order valence-electron chi connectivity index (χ2n) is 7.74. The Morgan fingerprint density at radius 2 is 1.84 bits per heavy atom. The summed E-state index contributed by atoms with van der Waals surface area (Å²) in [5.41, 5.74) is 3.70. The van der Waals surface area contributed by atoms with Gasteiger partial charge in [-0.05, 0) is 48.7 Å². The first kappa shape index (κ1) is 22.5. The minimum Gasteiger partial charge on any atom is -0.345 e. The number of anilines is 1. The van der Waals surface area contributed by atoms with Crippen LogP contribution in [0.3, 0.4) is 0 Å². The van der Waals surface area contributed by atoms with Gasteiger partial charge in [0.05, 0.1) is 6.54 Å². The Labute approximate surface area is 182 Å². The van der Waals surface area contributed by atoms with E-state index < -0.39 is 11.6 Å². The van der Waals surface area contributed by atoms with Gasteiger partial charge < -0.3 is 14.8 Å². The minimum absolute atomic E-state index is 0.236. The second-order valence-corrected chi connectivity index (χ2v) is 7.74. The van der Waals surface area contributed by atoms with Gasteiger partial charge in [0.15, 0.2) is 11.6 Å². The molecule has 0 atom stereocenters. The molecule has 164 valence electrons. The van der Waals surface area contributed by atoms with Crippen molar-refractivity contribution in [1.82, 2.24) is 9.47 Å². The number of carbonyl (C=O) groups is 1. The van der Waals surface area contributed by atoms with E-state index in [1.54, 1.807) is 4.90 Å². The van der Waals surface area contributed by atoms with Crippen molar-refractivity contribution < 1.29 is 13.6 Å². The molecule has 0 bridgehead atoms. The van der Waals surface area contributed by atoms with Crippen molar-refractivity contribution in [1.29, 1.82) is 0 Å². The normalized spacial score (nSPS) is 10.8. The van der Waals surface area contributed by atoms with E-state index in [-0.39, 0.29) is 11.7 Å². The van der Waals surface area contributed by atoms with Gasteiger partial charge in [0, 0.05) is 36.7 Å². The summed E-state index contributed by atoms with van der Waals surface area (Å²) in [6, 6.07) is 15.3. The molecule has 0 radical (unpaired) electrons. The standard InChI is InChI=1S/C25H29F2N3O/c1-3-4-7-14-30(25(31)28-21-12-13-23(26)24(27)16-21)18-22-11-8-15-29(22)17-20-10-6-5-9-19(20)2/h5-6,8-13,15-16H,3-4,7,14,17-18H2,1-2H3,(H,28,31). The molecule has 2 aromatic carbocycles. The fourth-order valence-electron chi connectivity index (χ4n) is 3.50. The van der Waals surface area contributed by atoms with Crippen LogP contribution in [0.15, 0.2) is 60.8 Å². The highest BCUT2D eigenvalue weighted by Gasteiger charge is 2.17. The summed E-state index contributed by atoms with van der Waals surface area (Å²) < 4.78 is 28.9. The Bertz CT molecular complexity index is 1020. The maximum atomic E-state index is 13.5. The molecule has 2 amide bonds. The van der Waals surface area contributed by atoms with Gasteiger partial charge >= 0.3 is 6.03 Å². The second kappa shape index (κ2) is 10.8. The molecular formula is C25H29F2N3O. The number of halogens is 2. The topological polar surface area (TPSA) is 37.3 Å². The Morgan fingerprint density at radius 1 is 1.03 bits per heavy atom. The van der Waals surface area contributed by atoms with Crippen LogP contribution in [0.5, 0.6) is 0 Å². The fourth-order valence-corrected chi connectivity index (χ4v) is 3.50. The number of hydrogen-bond acceptors (Lipinski definition) is 1. The van der Waals surface area contributed by atoms with Crippen LogP contribution in [0.4, 0.5) is 19.3 Å². The van der Waals surface area contributed by atoms with E-state index in [1.165, 1.54) is 17.2 Å². The van der Waals surface area contributed by atoms with Crippen LogP contribution >= 0.6 is 0 Å². The average molecular weight is 426 g/mol. The lowest BCUT2D eigenvalue weighted by molar-refractivity contribution is 0.206. The smallest absolute Gasteiger partial charge is 0.322 e. The van der Waals surface area contributed by atoms with Gasteiger partial charge in [0.2, 0.25) is 0 Å². The molecule has 31 heavy (non-hydrogen) atoms. The molecule has 0 saturated heterocycles. The third-order valence-electron chi connectivity index (χ3n) is 5.37. The van der Waals surface area contributed by atoms with Gasteiger partial charge in [-0.1, -0.05) is 44.0 Å². The summed E-state index contributed by atoms with van der Waals surface area (Å²) >= 11 is 0. The van der Waals surface area contributed by atoms with Gasteiger partial charge in [0.1, 0.15) is 0 Å². The summed E-state index contributed by atoms with van der Waals surface area (Å²) in [7, 11) is 0. The van der Waals surface area contributed by atoms with Crippen molar-refractivity contribution in [3.8, 4) is 0 Å². The van der Waals surface area contributed by atoms with Crippen LogP contribution in [-0.4, -0.2) is 22.0 Å². The third-order valence-corrected chi connectivity index (χ3v) is 5.37. The van der Waals surface area contributed by atoms with E-state index in [1.807, 2.05) is 30.5 Å². The van der Waals surface area contributed by atoms with Crippen molar-refractivity contribution >= 4 is 11.7 Å². The molecule has 6 heteroatoms. The van der Waals surface area contributed by atoms with Crippen LogP contribution < -0.4 is 5.32 Å². The number of unbranched alkanes of at least 4 members (excludes halogenated alkanes) is 2. The molecule has 3 aromatic rings. The molecule has 4 nitrogen and oxygen atoms in total. The van der Waals surface area contributed by atoms with E-state index >= 15 is 0 Å². The highest BCUT2D eigenvalue weighted by molar-refractivity contribution is 5.89. The maximum absolute atomic E-state index is 13.5. The van der Waals surface area contributed by atoms with E-state index in [0.29, 0.717) is 13.1 Å². The van der Waals surface area contributed by atoms with Crippen molar-refractivity contribution in [2.24, 2.45) is 0 Å². The molecule has 0 unspecified atom stereocenters. The van der Waals surface area contributed by atoms with E-state index in [4.69, 9.17) is 0 Å². The highest BCUT2D eigenvalue weighted by Crippen LogP contribution is 2.17. The number of amides is 2. The zero-order valence-corrected chi connectivity index (χ0v) is 18.1. The van der Waals surface area contributed by atoms with Crippen molar-refractivity contribution in [2.75, 3.05) is 11.9 Å². The molecule has 0 aliphatic heterocycles. The van der Waals surface area contributed by atoms with Gasteiger partial charge in [-0.15, -0.1) is 0 Å². The van der Waals surface area contributed by atoms with Crippen LogP contribution in [0, 0.1) is 18.6 Å². The number of aromatic nitrogens is 1. The number of benzene rings is 2. The van der Waals surface area contributed by atoms with Crippen LogP contribution in [0.1, 0.15) is 43.0 Å². The van der Waals surface area contributed by atoms with E-state index in [0.717, 1.165) is 43.6 Å². The number of urea groups is 1. The summed E-state index contributed by atoms with van der Waals surface area (Å²) in [6.45, 7) is 5.93. The van der Waals surface area contributed by atoms with Gasteiger partial charge in [-0.25, -0.2) is 13.6 Å². The largest absolute Gasteiger partial charge is 0.345 e. The van der Waals surface area contributed by atoms with E-state index in [2.05, 4.69) is 35.9 Å². The SMILES string of the molecule is CCCCCN(Cc1cccn1Cc1ccccc1C)C(=O)Nc1ccc(F)c(F)c1. The number of hydrogen-bond donors (Lipinski definition) is 1. The number of rotatable bonds is 9. The molecule has 1 heterocycles. The zero-order chi connectivity index (χ0) is 22.2. The number of aryl methyl sites for hydroxylation is 1. The lowest BCUT2D eigenvalue weighted by Crippen LogP contribution is -2.36. The van der Waals surface area contributed by atoms with Crippen molar-refractivity contribution in [3.05, 3.63) is 89.2 Å². The summed E-state index contributed by atoms with van der Waals surface area (Å²) in [6.07, 6.45) is 4.95. The maximum Gasteiger partial charge on any atom is 0.322 e. The van der Waals surface area contributed by atoms with Crippen molar-refractivity contribution in [3.63, 3.8) is 0 Å². The highest BCUT2D eigenvalue weighted by atomic mass is 19.2. The average Bonchev–Trinajstić information content (AvgIpc) is 3.18. The van der Waals surface area contributed by atoms with E-state index in [9.17, 15) is 13.6 Å². The first-order valence-electron chi connectivity index (χ1n) is 10.7. The Hall–Kier alpha value is -3.15. The molecule has 3 rings (SSSR count). The lowest BCUT2D eigenvalue weighted by atomic mass is 10.1. The fraction of sp³-hybridized carbons (Fsp3) is 0.320. The van der Waals surface area contributed by atoms with Gasteiger partial charge in [-0.2, -0.15) is 0 Å². The number of carbonyl (C=O) groups excluding carboxylic acids is 1. The predicted octanol–water partition coefficient (Wildman–Crippen LogP) is 6.35. The first-order chi connectivity index (χ1) is 15.0. The quantitative estimate of drug-likeness (QED) is 0.399. The zero-order valence-electron chi connectivity index (χ0n) is 18.1. The molecular weight excluding hydrogens is 396 g/mol. The summed E-state index contributed by atoms with van der Waals surface area (Å²) in [5.74, 6) is -1.92. The lowest BCUT2D eigenvalue weighted by Gasteiger charge is -2.24. The Morgan fingerprint density at radius 3 is 2.58 bits per heavy atom. The number of nitrogens with one attached hydrogen (secondary N) is 1. The Kier molecular flexibility index (Phi) is 7.82. The van der Waals surface area contributed by atoms with Gasteiger partial charge in [0.25, 0.3) is 0 Å².